The van der Waals surface area contributed by atoms with Crippen molar-refractivity contribution in [3.05, 3.63) is 0 Å². The van der Waals surface area contributed by atoms with Crippen LogP contribution in [-0.2, 0) is 29.2 Å². The fourth-order valence-electron chi connectivity index (χ4n) is 4.49. The van der Waals surface area contributed by atoms with Gasteiger partial charge in [0.2, 0.25) is 27.7 Å². The average molecular weight is 560 g/mol. The molecule has 0 aromatic heterocycles. The van der Waals surface area contributed by atoms with Crippen LogP contribution in [-0.4, -0.2) is 62.5 Å². The van der Waals surface area contributed by atoms with E-state index in [0.717, 1.165) is 38.5 Å². The summed E-state index contributed by atoms with van der Waals surface area (Å²) in [4.78, 5) is 50.3. The van der Waals surface area contributed by atoms with E-state index in [9.17, 15) is 27.6 Å². The molecule has 0 saturated heterocycles. The lowest BCUT2D eigenvalue weighted by Crippen LogP contribution is -2.57. The summed E-state index contributed by atoms with van der Waals surface area (Å²) in [7, 11) is -3.87. The zero-order chi connectivity index (χ0) is 28.9. The molecular weight excluding hydrogens is 510 g/mol. The number of amides is 4. The Kier molecular flexibility index (Phi) is 14.9. The molecule has 38 heavy (non-hydrogen) atoms. The Labute approximate surface area is 228 Å². The first-order valence-corrected chi connectivity index (χ1v) is 15.6. The minimum absolute atomic E-state index is 0.00760. The molecule has 4 amide bonds. The smallest absolute Gasteiger partial charge is 0.255 e. The molecule has 1 aliphatic carbocycles. The Balaban J connectivity index is 2.85. The number of nitrogens with one attached hydrogen (secondary N) is 4. The fraction of sp³-hybridized carbons (Fsp3) is 0.846. The Morgan fingerprint density at radius 3 is 1.89 bits per heavy atom. The molecule has 0 radical (unpaired) electrons. The molecule has 6 N–H and O–H groups in total. The van der Waals surface area contributed by atoms with Gasteiger partial charge in [0.1, 0.15) is 18.1 Å². The first-order valence-electron chi connectivity index (χ1n) is 13.9. The molecule has 0 heterocycles. The van der Waals surface area contributed by atoms with Crippen LogP contribution in [0.4, 0.5) is 0 Å². The minimum atomic E-state index is -3.87. The monoisotopic (exact) mass is 559 g/mol. The number of sulfonamides is 1. The maximum atomic E-state index is 13.0. The van der Waals surface area contributed by atoms with E-state index in [0.29, 0.717) is 6.42 Å². The standard InChI is InChI=1S/C26H49N5O6S/c1-17(2)13-14-21(25(34)31-38(36,37)16-20-11-9-7-6-8-10-12-20)29-24(33)19(5)28-26(35)23(18(3)4)30-22(32)15-27/h17-21,23H,6-16,27H2,1-5H3,(H,28,35)(H,29,33)(H,30,32)(H,31,34)/t19-,21-,23-/m0/s1. The molecule has 220 valence electrons. The molecular formula is C26H49N5O6S. The molecule has 1 aliphatic rings. The van der Waals surface area contributed by atoms with E-state index in [1.54, 1.807) is 13.8 Å². The summed E-state index contributed by atoms with van der Waals surface area (Å²) in [5.74, 6) is -2.60. The van der Waals surface area contributed by atoms with Crippen molar-refractivity contribution in [1.82, 2.24) is 20.7 Å². The van der Waals surface area contributed by atoms with Crippen LogP contribution >= 0.6 is 0 Å². The largest absolute Gasteiger partial charge is 0.343 e. The highest BCUT2D eigenvalue weighted by Gasteiger charge is 2.30. The van der Waals surface area contributed by atoms with E-state index in [4.69, 9.17) is 5.73 Å². The zero-order valence-electron chi connectivity index (χ0n) is 23.7. The van der Waals surface area contributed by atoms with E-state index in [2.05, 4.69) is 20.7 Å². The van der Waals surface area contributed by atoms with Crippen molar-refractivity contribution in [3.8, 4) is 0 Å². The molecule has 0 bridgehead atoms. The van der Waals surface area contributed by atoms with Gasteiger partial charge in [-0.3, -0.25) is 23.9 Å². The van der Waals surface area contributed by atoms with Crippen LogP contribution in [0.5, 0.6) is 0 Å². The van der Waals surface area contributed by atoms with Gasteiger partial charge in [0, 0.05) is 0 Å². The number of hydrogen-bond donors (Lipinski definition) is 5. The highest BCUT2D eigenvalue weighted by Crippen LogP contribution is 2.23. The van der Waals surface area contributed by atoms with Crippen molar-refractivity contribution in [2.24, 2.45) is 23.5 Å². The summed E-state index contributed by atoms with van der Waals surface area (Å²) in [6, 6.07) is -2.99. The van der Waals surface area contributed by atoms with Crippen molar-refractivity contribution >= 4 is 33.7 Å². The van der Waals surface area contributed by atoms with Gasteiger partial charge in [-0.2, -0.15) is 0 Å². The van der Waals surface area contributed by atoms with E-state index >= 15 is 0 Å². The summed E-state index contributed by atoms with van der Waals surface area (Å²) < 4.78 is 27.8. The van der Waals surface area contributed by atoms with Crippen LogP contribution in [0.15, 0.2) is 0 Å². The first-order chi connectivity index (χ1) is 17.8. The lowest BCUT2D eigenvalue weighted by molar-refractivity contribution is -0.133. The van der Waals surface area contributed by atoms with Crippen molar-refractivity contribution in [2.45, 2.75) is 111 Å². The highest BCUT2D eigenvalue weighted by atomic mass is 32.2. The summed E-state index contributed by atoms with van der Waals surface area (Å²) >= 11 is 0. The minimum Gasteiger partial charge on any atom is -0.343 e. The second-order valence-electron chi connectivity index (χ2n) is 11.2. The zero-order valence-corrected chi connectivity index (χ0v) is 24.5. The van der Waals surface area contributed by atoms with Crippen LogP contribution in [0.2, 0.25) is 0 Å². The van der Waals surface area contributed by atoms with Crippen LogP contribution in [0.1, 0.15) is 92.4 Å². The van der Waals surface area contributed by atoms with Gasteiger partial charge in [0.15, 0.2) is 0 Å². The fourth-order valence-corrected chi connectivity index (χ4v) is 5.97. The number of hydrogen-bond acceptors (Lipinski definition) is 7. The summed E-state index contributed by atoms with van der Waals surface area (Å²) in [5.41, 5.74) is 5.32. The number of nitrogens with two attached hydrogens (primary N) is 1. The lowest BCUT2D eigenvalue weighted by Gasteiger charge is -2.25. The molecule has 1 fully saturated rings. The number of carbonyl (C=O) groups is 4. The Hall–Kier alpha value is -2.21. The maximum absolute atomic E-state index is 13.0. The number of carbonyl (C=O) groups excluding carboxylic acids is 4. The second-order valence-corrected chi connectivity index (χ2v) is 13.0. The Bertz CT molecular complexity index is 885. The molecule has 12 heteroatoms. The molecule has 0 aliphatic heterocycles. The topological polar surface area (TPSA) is 177 Å². The molecule has 11 nitrogen and oxygen atoms in total. The van der Waals surface area contributed by atoms with Crippen molar-refractivity contribution in [3.63, 3.8) is 0 Å². The van der Waals surface area contributed by atoms with Gasteiger partial charge in [0.25, 0.3) is 5.91 Å². The third-order valence-corrected chi connectivity index (χ3v) is 8.23. The van der Waals surface area contributed by atoms with Crippen molar-refractivity contribution in [1.29, 1.82) is 0 Å². The van der Waals surface area contributed by atoms with Crippen LogP contribution in [0.25, 0.3) is 0 Å². The van der Waals surface area contributed by atoms with Gasteiger partial charge >= 0.3 is 0 Å². The van der Waals surface area contributed by atoms with Crippen LogP contribution < -0.4 is 26.4 Å². The lowest BCUT2D eigenvalue weighted by atomic mass is 9.93. The van der Waals surface area contributed by atoms with Gasteiger partial charge in [-0.25, -0.2) is 8.42 Å². The Morgan fingerprint density at radius 1 is 0.789 bits per heavy atom. The van der Waals surface area contributed by atoms with Gasteiger partial charge in [-0.05, 0) is 50.4 Å². The average Bonchev–Trinajstić information content (AvgIpc) is 2.80. The molecule has 0 aromatic rings. The molecule has 1 saturated carbocycles. The second kappa shape index (κ2) is 16.7. The van der Waals surface area contributed by atoms with E-state index in [1.807, 2.05) is 13.8 Å². The SMILES string of the molecule is CC(C)CC[C@H](NC(=O)[C@H](C)NC(=O)[C@@H](NC(=O)CN)C(C)C)C(=O)NS(=O)(=O)CC1CCCCCCC1. The predicted molar refractivity (Wildman–Crippen MR) is 147 cm³/mol. The summed E-state index contributed by atoms with van der Waals surface area (Å²) in [6.45, 7) is 8.60. The predicted octanol–water partition coefficient (Wildman–Crippen LogP) is 1.32. The molecule has 1 rings (SSSR count). The molecule has 0 spiro atoms. The summed E-state index contributed by atoms with van der Waals surface area (Å²) in [6.07, 6.45) is 7.81. The van der Waals surface area contributed by atoms with Crippen LogP contribution in [0.3, 0.4) is 0 Å². The van der Waals surface area contributed by atoms with Crippen LogP contribution in [0, 0.1) is 17.8 Å². The highest BCUT2D eigenvalue weighted by molar-refractivity contribution is 7.90. The summed E-state index contributed by atoms with van der Waals surface area (Å²) in [5, 5.41) is 7.69. The number of rotatable bonds is 14. The maximum Gasteiger partial charge on any atom is 0.255 e. The van der Waals surface area contributed by atoms with Crippen molar-refractivity contribution < 1.29 is 27.6 Å². The third-order valence-electron chi connectivity index (χ3n) is 6.80. The molecule has 3 atom stereocenters. The molecule has 0 aromatic carbocycles. The Morgan fingerprint density at radius 2 is 1.37 bits per heavy atom. The van der Waals surface area contributed by atoms with E-state index < -0.39 is 51.8 Å². The van der Waals surface area contributed by atoms with Gasteiger partial charge in [-0.1, -0.05) is 59.8 Å². The van der Waals surface area contributed by atoms with E-state index in [1.165, 1.54) is 13.3 Å². The van der Waals surface area contributed by atoms with Crippen molar-refractivity contribution in [2.75, 3.05) is 12.3 Å². The third kappa shape index (κ3) is 13.0. The molecule has 0 unspecified atom stereocenters. The normalized spacial score (nSPS) is 17.6. The first kappa shape index (κ1) is 33.8. The van der Waals surface area contributed by atoms with Gasteiger partial charge in [0.05, 0.1) is 12.3 Å². The quantitative estimate of drug-likeness (QED) is 0.213. The van der Waals surface area contributed by atoms with E-state index in [-0.39, 0.29) is 36.5 Å². The van der Waals surface area contributed by atoms with Gasteiger partial charge < -0.3 is 21.7 Å². The van der Waals surface area contributed by atoms with Gasteiger partial charge in [-0.15, -0.1) is 0 Å².